The van der Waals surface area contributed by atoms with E-state index >= 15 is 0 Å². The molecule has 34 heavy (non-hydrogen) atoms. The molecule has 11 nitrogen and oxygen atoms in total. The zero-order valence-electron chi connectivity index (χ0n) is 17.7. The summed E-state index contributed by atoms with van der Waals surface area (Å²) in [6, 6.07) is 8.11. The summed E-state index contributed by atoms with van der Waals surface area (Å²) in [6.07, 6.45) is -0.206. The molecule has 0 aromatic heterocycles. The minimum absolute atomic E-state index is 0.101. The predicted octanol–water partition coefficient (Wildman–Crippen LogP) is 2.99. The van der Waals surface area contributed by atoms with Crippen LogP contribution in [-0.4, -0.2) is 46.8 Å². The Morgan fingerprint density at radius 1 is 1.26 bits per heavy atom. The molecule has 13 heteroatoms. The number of hydrogen-bond donors (Lipinski definition) is 2. The number of hydrazine groups is 1. The molecule has 1 atom stereocenters. The molecule has 0 unspecified atom stereocenters. The minimum atomic E-state index is -0.874. The highest BCUT2D eigenvalue weighted by atomic mass is 79.9. The highest BCUT2D eigenvalue weighted by Crippen LogP contribution is 2.29. The maximum absolute atomic E-state index is 12.3. The largest absolute Gasteiger partial charge is 0.455 e. The fourth-order valence-corrected chi connectivity index (χ4v) is 3.74. The maximum Gasteiger partial charge on any atom is 0.311 e. The molecule has 0 spiro atoms. The Balaban J connectivity index is 1.50. The summed E-state index contributed by atoms with van der Waals surface area (Å²) in [6.45, 7) is 1.07. The number of hydrogen-bond acceptors (Lipinski definition) is 7. The van der Waals surface area contributed by atoms with Crippen LogP contribution in [0, 0.1) is 23.0 Å². The number of amides is 3. The van der Waals surface area contributed by atoms with Crippen LogP contribution in [0.5, 0.6) is 0 Å². The van der Waals surface area contributed by atoms with Crippen LogP contribution in [0.25, 0.3) is 0 Å². The second-order valence-electron chi connectivity index (χ2n) is 7.39. The number of nitro benzene ring substituents is 1. The van der Waals surface area contributed by atoms with Gasteiger partial charge in [-0.15, -0.1) is 0 Å². The number of benzene rings is 2. The SMILES string of the molecule is Cc1cc(Br)c(Cl)cc1NC(=O)COC(=O)[C@H]1CC(=O)N(NC(=O)c2ccc([N+](=O)[O-])cc2)C1. The van der Waals surface area contributed by atoms with Gasteiger partial charge in [0.05, 0.1) is 22.4 Å². The molecule has 1 fully saturated rings. The van der Waals surface area contributed by atoms with Gasteiger partial charge >= 0.3 is 5.97 Å². The summed E-state index contributed by atoms with van der Waals surface area (Å²) in [7, 11) is 0. The van der Waals surface area contributed by atoms with Gasteiger partial charge in [0.2, 0.25) is 5.91 Å². The lowest BCUT2D eigenvalue weighted by Crippen LogP contribution is -2.43. The van der Waals surface area contributed by atoms with Crippen LogP contribution in [0.4, 0.5) is 11.4 Å². The standard InChI is InChI=1S/C21H18BrClN4O7/c1-11-6-15(22)16(23)8-17(11)24-18(28)10-34-21(31)13-7-19(29)26(9-13)25-20(30)12-2-4-14(5-3-12)27(32)33/h2-6,8,13H,7,9-10H2,1H3,(H,24,28)(H,25,30)/t13-/m0/s1. The topological polar surface area (TPSA) is 148 Å². The van der Waals surface area contributed by atoms with E-state index < -0.39 is 41.1 Å². The lowest BCUT2D eigenvalue weighted by Gasteiger charge is -2.17. The maximum atomic E-state index is 12.3. The normalized spacial score (nSPS) is 15.1. The lowest BCUT2D eigenvalue weighted by atomic mass is 10.1. The quantitative estimate of drug-likeness (QED) is 0.304. The van der Waals surface area contributed by atoms with E-state index in [1.807, 2.05) is 0 Å². The third kappa shape index (κ3) is 6.08. The van der Waals surface area contributed by atoms with Crippen molar-refractivity contribution in [1.29, 1.82) is 0 Å². The van der Waals surface area contributed by atoms with Crippen LogP contribution in [0.2, 0.25) is 5.02 Å². The number of esters is 1. The molecule has 0 bridgehead atoms. The molecule has 178 valence electrons. The van der Waals surface area contributed by atoms with Gasteiger partial charge in [-0.05, 0) is 52.7 Å². The van der Waals surface area contributed by atoms with E-state index in [2.05, 4.69) is 26.7 Å². The smallest absolute Gasteiger partial charge is 0.311 e. The molecule has 0 saturated carbocycles. The molecule has 2 aromatic rings. The first-order valence-electron chi connectivity index (χ1n) is 9.83. The van der Waals surface area contributed by atoms with Crippen LogP contribution in [0.15, 0.2) is 40.9 Å². The van der Waals surface area contributed by atoms with Crippen LogP contribution in [0.3, 0.4) is 0 Å². The van der Waals surface area contributed by atoms with Crippen molar-refractivity contribution in [2.24, 2.45) is 5.92 Å². The monoisotopic (exact) mass is 552 g/mol. The summed E-state index contributed by atoms with van der Waals surface area (Å²) >= 11 is 9.31. The van der Waals surface area contributed by atoms with Gasteiger partial charge in [0.15, 0.2) is 6.61 Å². The molecule has 3 rings (SSSR count). The second kappa shape index (κ2) is 10.6. The number of anilines is 1. The number of nitrogens with zero attached hydrogens (tertiary/aromatic N) is 2. The first-order valence-corrected chi connectivity index (χ1v) is 11.0. The predicted molar refractivity (Wildman–Crippen MR) is 124 cm³/mol. The van der Waals surface area contributed by atoms with E-state index in [1.54, 1.807) is 19.1 Å². The zero-order chi connectivity index (χ0) is 25.0. The van der Waals surface area contributed by atoms with Crippen molar-refractivity contribution in [1.82, 2.24) is 10.4 Å². The number of aryl methyl sites for hydroxylation is 1. The average molecular weight is 554 g/mol. The van der Waals surface area contributed by atoms with E-state index in [1.165, 1.54) is 12.1 Å². The summed E-state index contributed by atoms with van der Waals surface area (Å²) in [5, 5.41) is 14.7. The van der Waals surface area contributed by atoms with Gasteiger partial charge in [-0.3, -0.25) is 39.7 Å². The number of ether oxygens (including phenoxy) is 1. The van der Waals surface area contributed by atoms with Crippen LogP contribution >= 0.6 is 27.5 Å². The summed E-state index contributed by atoms with van der Waals surface area (Å²) < 4.78 is 5.70. The van der Waals surface area contributed by atoms with Gasteiger partial charge in [0.25, 0.3) is 17.5 Å². The van der Waals surface area contributed by atoms with Gasteiger partial charge in [-0.25, -0.2) is 0 Å². The van der Waals surface area contributed by atoms with Crippen LogP contribution < -0.4 is 10.7 Å². The molecule has 2 N–H and O–H groups in total. The van der Waals surface area contributed by atoms with Gasteiger partial charge < -0.3 is 10.1 Å². The molecule has 1 heterocycles. The summed E-state index contributed by atoms with van der Waals surface area (Å²) in [5.74, 6) is -3.40. The molecule has 3 amide bonds. The molecule has 1 aliphatic heterocycles. The van der Waals surface area contributed by atoms with Gasteiger partial charge in [0.1, 0.15) is 0 Å². The van der Waals surface area contributed by atoms with E-state index in [9.17, 15) is 29.3 Å². The molecule has 2 aromatic carbocycles. The first-order chi connectivity index (χ1) is 16.0. The molecule has 1 saturated heterocycles. The van der Waals surface area contributed by atoms with Gasteiger partial charge in [-0.1, -0.05) is 11.6 Å². The number of halogens is 2. The first kappa shape index (κ1) is 25.1. The van der Waals surface area contributed by atoms with Gasteiger partial charge in [-0.2, -0.15) is 0 Å². The Bertz CT molecular complexity index is 1170. The minimum Gasteiger partial charge on any atom is -0.455 e. The van der Waals surface area contributed by atoms with Crippen LogP contribution in [0.1, 0.15) is 22.3 Å². The van der Waals surface area contributed by atoms with Crippen molar-refractivity contribution < 1.29 is 28.8 Å². The molecular weight excluding hydrogens is 536 g/mol. The van der Waals surface area contributed by atoms with Crippen molar-refractivity contribution in [2.75, 3.05) is 18.5 Å². The highest BCUT2D eigenvalue weighted by Gasteiger charge is 2.36. The Kier molecular flexibility index (Phi) is 7.84. The Morgan fingerprint density at radius 2 is 1.94 bits per heavy atom. The van der Waals surface area contributed by atoms with Crippen molar-refractivity contribution >= 4 is 62.6 Å². The zero-order valence-corrected chi connectivity index (χ0v) is 20.0. The van der Waals surface area contributed by atoms with E-state index in [0.717, 1.165) is 22.7 Å². The van der Waals surface area contributed by atoms with E-state index in [4.69, 9.17) is 16.3 Å². The lowest BCUT2D eigenvalue weighted by molar-refractivity contribution is -0.384. The van der Waals surface area contributed by atoms with Crippen molar-refractivity contribution in [3.8, 4) is 0 Å². The van der Waals surface area contributed by atoms with Crippen LogP contribution in [-0.2, 0) is 19.1 Å². The number of carbonyl (C=O) groups is 4. The fraction of sp³-hybridized carbons (Fsp3) is 0.238. The molecular formula is C21H18BrClN4O7. The highest BCUT2D eigenvalue weighted by molar-refractivity contribution is 9.10. The number of non-ortho nitro benzene ring substituents is 1. The van der Waals surface area contributed by atoms with E-state index in [-0.39, 0.29) is 24.2 Å². The number of nitro groups is 1. The molecule has 0 aliphatic carbocycles. The Hall–Kier alpha value is -3.51. The third-order valence-corrected chi connectivity index (χ3v) is 6.12. The molecule has 1 aliphatic rings. The average Bonchev–Trinajstić information content (AvgIpc) is 3.16. The Morgan fingerprint density at radius 3 is 2.59 bits per heavy atom. The van der Waals surface area contributed by atoms with Crippen molar-refractivity contribution in [2.45, 2.75) is 13.3 Å². The third-order valence-electron chi connectivity index (χ3n) is 4.92. The number of nitrogens with one attached hydrogen (secondary N) is 2. The fourth-order valence-electron chi connectivity index (χ4n) is 3.12. The molecule has 0 radical (unpaired) electrons. The van der Waals surface area contributed by atoms with Gasteiger partial charge in [0, 0.05) is 34.3 Å². The van der Waals surface area contributed by atoms with E-state index in [0.29, 0.717) is 15.2 Å². The van der Waals surface area contributed by atoms with Crippen molar-refractivity contribution in [3.63, 3.8) is 0 Å². The van der Waals surface area contributed by atoms with Crippen molar-refractivity contribution in [3.05, 3.63) is 67.1 Å². The number of carbonyl (C=O) groups excluding carboxylic acids is 4. The Labute approximate surface area is 206 Å². The summed E-state index contributed by atoms with van der Waals surface area (Å²) in [5.41, 5.74) is 3.49. The number of rotatable bonds is 7. The second-order valence-corrected chi connectivity index (χ2v) is 8.65. The summed E-state index contributed by atoms with van der Waals surface area (Å²) in [4.78, 5) is 59.1.